The van der Waals surface area contributed by atoms with Crippen molar-refractivity contribution >= 4 is 5.91 Å². The monoisotopic (exact) mass is 359 g/mol. The van der Waals surface area contributed by atoms with E-state index in [1.165, 1.54) is 11.0 Å². The van der Waals surface area contributed by atoms with Crippen LogP contribution in [0.15, 0.2) is 67.1 Å². The average Bonchev–Trinajstić information content (AvgIpc) is 3.37. The lowest BCUT2D eigenvalue weighted by molar-refractivity contribution is 0.0945. The van der Waals surface area contributed by atoms with E-state index in [4.69, 9.17) is 0 Å². The third-order valence-corrected chi connectivity index (χ3v) is 4.07. The van der Waals surface area contributed by atoms with Gasteiger partial charge >= 0.3 is 0 Å². The van der Waals surface area contributed by atoms with E-state index in [1.807, 2.05) is 55.6 Å². The van der Waals surface area contributed by atoms with Crippen LogP contribution in [0, 0.1) is 0 Å². The van der Waals surface area contributed by atoms with Gasteiger partial charge in [0.2, 0.25) is 0 Å². The number of aromatic nitrogens is 6. The molecule has 4 rings (SSSR count). The highest BCUT2D eigenvalue weighted by Crippen LogP contribution is 2.15. The largest absolute Gasteiger partial charge is 0.346 e. The first kappa shape index (κ1) is 16.6. The van der Waals surface area contributed by atoms with Crippen LogP contribution in [0.25, 0.3) is 17.1 Å². The zero-order valence-electron chi connectivity index (χ0n) is 14.6. The van der Waals surface area contributed by atoms with Gasteiger partial charge in [-0.3, -0.25) is 14.5 Å². The van der Waals surface area contributed by atoms with E-state index >= 15 is 0 Å². The molecule has 0 radical (unpaired) electrons. The van der Waals surface area contributed by atoms with Gasteiger partial charge in [0.05, 0.1) is 23.3 Å². The predicted octanol–water partition coefficient (Wildman–Crippen LogP) is 1.99. The fourth-order valence-corrected chi connectivity index (χ4v) is 2.63. The van der Waals surface area contributed by atoms with Crippen molar-refractivity contribution in [3.8, 4) is 17.1 Å². The number of amides is 1. The minimum atomic E-state index is -0.284. The number of aryl methyl sites for hydroxylation is 1. The maximum Gasteiger partial charge on any atom is 0.273 e. The quantitative estimate of drug-likeness (QED) is 0.588. The Kier molecular flexibility index (Phi) is 4.44. The van der Waals surface area contributed by atoms with Crippen LogP contribution in [0.3, 0.4) is 0 Å². The summed E-state index contributed by atoms with van der Waals surface area (Å²) in [5.74, 6) is -0.284. The van der Waals surface area contributed by atoms with Gasteiger partial charge in [0.1, 0.15) is 0 Å². The lowest BCUT2D eigenvalue weighted by atomic mass is 10.2. The number of hydrogen-bond donors (Lipinski definition) is 1. The molecule has 3 aromatic heterocycles. The zero-order chi connectivity index (χ0) is 18.6. The Balaban J connectivity index is 1.39. The molecular formula is C19H17N7O. The van der Waals surface area contributed by atoms with Gasteiger partial charge in [0.15, 0.2) is 5.69 Å². The second-order valence-electron chi connectivity index (χ2n) is 5.93. The highest BCUT2D eigenvalue weighted by molar-refractivity contribution is 5.91. The number of nitrogens with zero attached hydrogens (tertiary/aromatic N) is 6. The molecule has 0 aliphatic rings. The van der Waals surface area contributed by atoms with E-state index < -0.39 is 0 Å². The molecule has 1 aromatic carbocycles. The van der Waals surface area contributed by atoms with Crippen molar-refractivity contribution in [1.82, 2.24) is 35.1 Å². The summed E-state index contributed by atoms with van der Waals surface area (Å²) in [5.41, 5.74) is 3.72. The number of benzene rings is 1. The third kappa shape index (κ3) is 3.59. The molecule has 134 valence electrons. The minimum absolute atomic E-state index is 0.262. The number of nitrogens with one attached hydrogen (secondary N) is 1. The molecule has 0 aliphatic heterocycles. The fraction of sp³-hybridized carbons (Fsp3) is 0.105. The van der Waals surface area contributed by atoms with Crippen molar-refractivity contribution in [1.29, 1.82) is 0 Å². The van der Waals surface area contributed by atoms with Crippen molar-refractivity contribution in [2.45, 2.75) is 6.54 Å². The van der Waals surface area contributed by atoms with Crippen LogP contribution in [0.1, 0.15) is 16.1 Å². The molecule has 0 unspecified atom stereocenters. The molecule has 1 amide bonds. The normalized spacial score (nSPS) is 10.7. The Bertz CT molecular complexity index is 1050. The highest BCUT2D eigenvalue weighted by atomic mass is 16.2. The van der Waals surface area contributed by atoms with Crippen LogP contribution in [0.5, 0.6) is 0 Å². The Morgan fingerprint density at radius 2 is 1.89 bits per heavy atom. The molecule has 27 heavy (non-hydrogen) atoms. The maximum absolute atomic E-state index is 12.3. The SMILES string of the molecule is Cn1nccc1-c1ccc(CNC(=O)c2cnn(-c3ccccc3)n2)cn1. The van der Waals surface area contributed by atoms with Crippen molar-refractivity contribution in [2.75, 3.05) is 0 Å². The summed E-state index contributed by atoms with van der Waals surface area (Å²) in [6, 6.07) is 15.2. The Labute approximate surface area is 155 Å². The van der Waals surface area contributed by atoms with Crippen molar-refractivity contribution < 1.29 is 4.79 Å². The van der Waals surface area contributed by atoms with Gasteiger partial charge < -0.3 is 5.32 Å². The summed E-state index contributed by atoms with van der Waals surface area (Å²) in [6.07, 6.45) is 4.92. The second kappa shape index (κ2) is 7.20. The van der Waals surface area contributed by atoms with Crippen LogP contribution >= 0.6 is 0 Å². The summed E-state index contributed by atoms with van der Waals surface area (Å²) >= 11 is 0. The van der Waals surface area contributed by atoms with Crippen LogP contribution in [0.4, 0.5) is 0 Å². The number of carbonyl (C=O) groups excluding carboxylic acids is 1. The van der Waals surface area contributed by atoms with Gasteiger partial charge in [-0.25, -0.2) is 0 Å². The number of hydrogen-bond acceptors (Lipinski definition) is 5. The predicted molar refractivity (Wildman–Crippen MR) is 99.0 cm³/mol. The number of rotatable bonds is 5. The highest BCUT2D eigenvalue weighted by Gasteiger charge is 2.11. The van der Waals surface area contributed by atoms with E-state index in [9.17, 15) is 4.79 Å². The molecule has 0 bridgehead atoms. The lowest BCUT2D eigenvalue weighted by Crippen LogP contribution is -2.23. The molecular weight excluding hydrogens is 342 g/mol. The molecule has 8 heteroatoms. The van der Waals surface area contributed by atoms with E-state index in [1.54, 1.807) is 17.1 Å². The number of pyridine rings is 1. The van der Waals surface area contributed by atoms with Crippen molar-refractivity contribution in [3.63, 3.8) is 0 Å². The summed E-state index contributed by atoms with van der Waals surface area (Å²) in [7, 11) is 1.87. The van der Waals surface area contributed by atoms with E-state index in [2.05, 4.69) is 25.6 Å². The van der Waals surface area contributed by atoms with Gasteiger partial charge in [-0.1, -0.05) is 24.3 Å². The van der Waals surface area contributed by atoms with Crippen LogP contribution < -0.4 is 5.32 Å². The Morgan fingerprint density at radius 3 is 2.59 bits per heavy atom. The van der Waals surface area contributed by atoms with Gasteiger partial charge in [-0.15, -0.1) is 5.10 Å². The summed E-state index contributed by atoms with van der Waals surface area (Å²) in [6.45, 7) is 0.357. The van der Waals surface area contributed by atoms with Crippen molar-refractivity contribution in [3.05, 3.63) is 78.4 Å². The molecule has 0 fully saturated rings. The van der Waals surface area contributed by atoms with E-state index in [0.29, 0.717) is 6.54 Å². The number of para-hydroxylation sites is 1. The summed E-state index contributed by atoms with van der Waals surface area (Å²) < 4.78 is 1.76. The topological polar surface area (TPSA) is 90.5 Å². The van der Waals surface area contributed by atoms with Crippen LogP contribution in [-0.2, 0) is 13.6 Å². The van der Waals surface area contributed by atoms with Gasteiger partial charge in [-0.2, -0.15) is 15.0 Å². The Morgan fingerprint density at radius 1 is 1.04 bits per heavy atom. The molecule has 0 saturated carbocycles. The fourth-order valence-electron chi connectivity index (χ4n) is 2.63. The van der Waals surface area contributed by atoms with Gasteiger partial charge in [-0.05, 0) is 29.8 Å². The number of carbonyl (C=O) groups is 1. The van der Waals surface area contributed by atoms with Gasteiger partial charge in [0.25, 0.3) is 5.91 Å². The smallest absolute Gasteiger partial charge is 0.273 e. The molecule has 0 saturated heterocycles. The average molecular weight is 359 g/mol. The zero-order valence-corrected chi connectivity index (χ0v) is 14.6. The van der Waals surface area contributed by atoms with Gasteiger partial charge in [0, 0.05) is 26.0 Å². The summed E-state index contributed by atoms with van der Waals surface area (Å²) in [4.78, 5) is 18.2. The minimum Gasteiger partial charge on any atom is -0.346 e. The third-order valence-electron chi connectivity index (χ3n) is 4.07. The maximum atomic E-state index is 12.3. The first-order valence-electron chi connectivity index (χ1n) is 8.40. The molecule has 4 aromatic rings. The van der Waals surface area contributed by atoms with Crippen LogP contribution in [0.2, 0.25) is 0 Å². The van der Waals surface area contributed by atoms with Crippen LogP contribution in [-0.4, -0.2) is 35.7 Å². The summed E-state index contributed by atoms with van der Waals surface area (Å²) in [5, 5.41) is 15.3. The Hall–Kier alpha value is -3.81. The lowest BCUT2D eigenvalue weighted by Gasteiger charge is -2.05. The molecule has 0 aliphatic carbocycles. The molecule has 0 atom stereocenters. The molecule has 1 N–H and O–H groups in total. The van der Waals surface area contributed by atoms with E-state index in [-0.39, 0.29) is 11.6 Å². The standard InChI is InChI=1S/C19H17N7O/c1-25-18(9-10-22-25)16-8-7-14(11-20-16)12-21-19(27)17-13-23-26(24-17)15-5-3-2-4-6-15/h2-11,13H,12H2,1H3,(H,21,27). The van der Waals surface area contributed by atoms with E-state index in [0.717, 1.165) is 22.6 Å². The molecule has 0 spiro atoms. The first-order valence-corrected chi connectivity index (χ1v) is 8.40. The first-order chi connectivity index (χ1) is 13.2. The van der Waals surface area contributed by atoms with Crippen molar-refractivity contribution in [2.24, 2.45) is 7.05 Å². The second-order valence-corrected chi connectivity index (χ2v) is 5.93. The molecule has 3 heterocycles. The molecule has 8 nitrogen and oxygen atoms in total.